The summed E-state index contributed by atoms with van der Waals surface area (Å²) in [5.41, 5.74) is 2.55. The molecule has 0 saturated carbocycles. The highest BCUT2D eigenvalue weighted by Crippen LogP contribution is 2.26. The number of carbonyl (C=O) groups is 1. The van der Waals surface area contributed by atoms with Gasteiger partial charge in [-0.25, -0.2) is 0 Å². The highest BCUT2D eigenvalue weighted by atomic mass is 79.9. The molecule has 0 aliphatic carbocycles. The van der Waals surface area contributed by atoms with Gasteiger partial charge in [-0.1, -0.05) is 22.0 Å². The zero-order valence-corrected chi connectivity index (χ0v) is 13.9. The molecule has 0 N–H and O–H groups in total. The molecular weight excluding hydrogens is 332 g/mol. The van der Waals surface area contributed by atoms with E-state index in [9.17, 15) is 4.79 Å². The van der Waals surface area contributed by atoms with Crippen molar-refractivity contribution in [2.24, 2.45) is 0 Å². The zero-order chi connectivity index (χ0) is 15.4. The normalized spacial score (nSPS) is 10.3. The molecule has 2 aromatic carbocycles. The van der Waals surface area contributed by atoms with Crippen LogP contribution in [0.25, 0.3) is 0 Å². The minimum atomic E-state index is 0.0146. The van der Waals surface area contributed by atoms with Crippen LogP contribution in [0.1, 0.15) is 21.5 Å². The van der Waals surface area contributed by atoms with E-state index in [0.717, 1.165) is 21.3 Å². The van der Waals surface area contributed by atoms with Gasteiger partial charge in [0.05, 0.1) is 19.8 Å². The second-order valence-electron chi connectivity index (χ2n) is 4.76. The quantitative estimate of drug-likeness (QED) is 0.759. The molecule has 0 bridgehead atoms. The molecule has 0 heterocycles. The lowest BCUT2D eigenvalue weighted by Crippen LogP contribution is -2.06. The predicted octanol–water partition coefficient (Wildman–Crippen LogP) is 4.20. The van der Waals surface area contributed by atoms with Crippen molar-refractivity contribution in [2.75, 3.05) is 14.2 Å². The van der Waals surface area contributed by atoms with Crippen molar-refractivity contribution in [3.8, 4) is 11.5 Å². The number of aryl methyl sites for hydroxylation is 1. The van der Waals surface area contributed by atoms with Gasteiger partial charge >= 0.3 is 0 Å². The van der Waals surface area contributed by atoms with E-state index in [2.05, 4.69) is 15.9 Å². The van der Waals surface area contributed by atoms with Crippen molar-refractivity contribution in [3.05, 3.63) is 57.6 Å². The van der Waals surface area contributed by atoms with E-state index < -0.39 is 0 Å². The molecule has 0 aromatic heterocycles. The van der Waals surface area contributed by atoms with Gasteiger partial charge in [0.25, 0.3) is 0 Å². The highest BCUT2D eigenvalue weighted by Gasteiger charge is 2.15. The Hall–Kier alpha value is -1.81. The Kier molecular flexibility index (Phi) is 5.02. The molecule has 0 atom stereocenters. The maximum absolute atomic E-state index is 12.5. The van der Waals surface area contributed by atoms with Gasteiger partial charge in [0.15, 0.2) is 5.78 Å². The lowest BCUT2D eigenvalue weighted by Gasteiger charge is -2.10. The number of methoxy groups -OCH3 is 2. The topological polar surface area (TPSA) is 35.5 Å². The van der Waals surface area contributed by atoms with Gasteiger partial charge in [-0.2, -0.15) is 0 Å². The van der Waals surface area contributed by atoms with E-state index in [1.54, 1.807) is 14.2 Å². The first-order valence-electron chi connectivity index (χ1n) is 6.55. The average molecular weight is 349 g/mol. The third-order valence-corrected chi connectivity index (χ3v) is 4.03. The number of halogens is 1. The van der Waals surface area contributed by atoms with Gasteiger partial charge in [-0.15, -0.1) is 0 Å². The van der Waals surface area contributed by atoms with Crippen molar-refractivity contribution in [1.82, 2.24) is 0 Å². The average Bonchev–Trinajstić information content (AvgIpc) is 2.49. The molecule has 0 spiro atoms. The molecule has 21 heavy (non-hydrogen) atoms. The van der Waals surface area contributed by atoms with Crippen LogP contribution in [-0.2, 0) is 6.42 Å². The molecule has 0 unspecified atom stereocenters. The van der Waals surface area contributed by atoms with E-state index in [0.29, 0.717) is 11.3 Å². The molecule has 2 rings (SSSR count). The maximum atomic E-state index is 12.5. The Labute approximate surface area is 133 Å². The van der Waals surface area contributed by atoms with Crippen LogP contribution in [0.3, 0.4) is 0 Å². The fraction of sp³-hybridized carbons (Fsp3) is 0.235. The van der Waals surface area contributed by atoms with Crippen LogP contribution >= 0.6 is 15.9 Å². The molecule has 0 amide bonds. The van der Waals surface area contributed by atoms with Gasteiger partial charge < -0.3 is 9.47 Å². The summed E-state index contributed by atoms with van der Waals surface area (Å²) in [7, 11) is 3.19. The van der Waals surface area contributed by atoms with Crippen LogP contribution in [0.5, 0.6) is 11.5 Å². The second kappa shape index (κ2) is 6.76. The standard InChI is InChI=1S/C17H17BrO3/c1-11-4-6-14(17(8-11)21-3)16(19)10-12-9-13(20-2)5-7-15(12)18/h4-9H,10H2,1-3H3. The molecule has 2 aromatic rings. The molecule has 0 fully saturated rings. The molecule has 3 nitrogen and oxygen atoms in total. The fourth-order valence-electron chi connectivity index (χ4n) is 2.11. The molecule has 0 aliphatic heterocycles. The van der Waals surface area contributed by atoms with Crippen LogP contribution in [0.2, 0.25) is 0 Å². The predicted molar refractivity (Wildman–Crippen MR) is 86.5 cm³/mol. The summed E-state index contributed by atoms with van der Waals surface area (Å²) in [6, 6.07) is 11.2. The van der Waals surface area contributed by atoms with Gasteiger partial charge in [0.2, 0.25) is 0 Å². The molecule has 110 valence electrons. The van der Waals surface area contributed by atoms with Crippen LogP contribution in [0.4, 0.5) is 0 Å². The van der Waals surface area contributed by atoms with Crippen molar-refractivity contribution in [3.63, 3.8) is 0 Å². The van der Waals surface area contributed by atoms with Gasteiger partial charge in [-0.05, 0) is 48.4 Å². The molecule has 0 radical (unpaired) electrons. The first-order valence-corrected chi connectivity index (χ1v) is 7.34. The largest absolute Gasteiger partial charge is 0.497 e. The lowest BCUT2D eigenvalue weighted by molar-refractivity contribution is 0.0990. The van der Waals surface area contributed by atoms with Crippen molar-refractivity contribution >= 4 is 21.7 Å². The third kappa shape index (κ3) is 3.64. The monoisotopic (exact) mass is 348 g/mol. The summed E-state index contributed by atoms with van der Waals surface area (Å²) in [6.07, 6.45) is 0.289. The number of hydrogen-bond acceptors (Lipinski definition) is 3. The minimum Gasteiger partial charge on any atom is -0.497 e. The fourth-order valence-corrected chi connectivity index (χ4v) is 2.50. The number of carbonyl (C=O) groups excluding carboxylic acids is 1. The third-order valence-electron chi connectivity index (χ3n) is 3.26. The summed E-state index contributed by atoms with van der Waals surface area (Å²) in [6.45, 7) is 1.97. The number of hydrogen-bond donors (Lipinski definition) is 0. The Morgan fingerprint density at radius 3 is 2.52 bits per heavy atom. The van der Waals surface area contributed by atoms with Crippen LogP contribution in [0, 0.1) is 6.92 Å². The van der Waals surface area contributed by atoms with Crippen molar-refractivity contribution in [2.45, 2.75) is 13.3 Å². The Bertz CT molecular complexity index is 665. The molecule has 4 heteroatoms. The van der Waals surface area contributed by atoms with Gasteiger partial charge in [0, 0.05) is 10.9 Å². The molecule has 0 saturated heterocycles. The highest BCUT2D eigenvalue weighted by molar-refractivity contribution is 9.10. The number of Topliss-reactive ketones (excluding diaryl/α,β-unsaturated/α-hetero) is 1. The second-order valence-corrected chi connectivity index (χ2v) is 5.62. The molecular formula is C17H17BrO3. The zero-order valence-electron chi connectivity index (χ0n) is 12.3. The Morgan fingerprint density at radius 2 is 1.86 bits per heavy atom. The van der Waals surface area contributed by atoms with Gasteiger partial charge in [0.1, 0.15) is 11.5 Å². The first-order chi connectivity index (χ1) is 10.0. The maximum Gasteiger partial charge on any atom is 0.170 e. The summed E-state index contributed by atoms with van der Waals surface area (Å²) >= 11 is 3.47. The summed E-state index contributed by atoms with van der Waals surface area (Å²) in [4.78, 5) is 12.5. The summed E-state index contributed by atoms with van der Waals surface area (Å²) in [5, 5.41) is 0. The summed E-state index contributed by atoms with van der Waals surface area (Å²) < 4.78 is 11.4. The smallest absolute Gasteiger partial charge is 0.170 e. The van der Waals surface area contributed by atoms with Crippen molar-refractivity contribution in [1.29, 1.82) is 0 Å². The van der Waals surface area contributed by atoms with Crippen LogP contribution in [0.15, 0.2) is 40.9 Å². The molecule has 0 aliphatic rings. The summed E-state index contributed by atoms with van der Waals surface area (Å²) in [5.74, 6) is 1.36. The van der Waals surface area contributed by atoms with Crippen LogP contribution < -0.4 is 9.47 Å². The van der Waals surface area contributed by atoms with E-state index in [1.807, 2.05) is 43.3 Å². The Balaban J connectivity index is 2.30. The van der Waals surface area contributed by atoms with Crippen LogP contribution in [-0.4, -0.2) is 20.0 Å². The SMILES string of the molecule is COc1ccc(Br)c(CC(=O)c2ccc(C)cc2OC)c1. The van der Waals surface area contributed by atoms with E-state index >= 15 is 0 Å². The van der Waals surface area contributed by atoms with Gasteiger partial charge in [-0.3, -0.25) is 4.79 Å². The lowest BCUT2D eigenvalue weighted by atomic mass is 10.0. The van der Waals surface area contributed by atoms with E-state index in [-0.39, 0.29) is 12.2 Å². The minimum absolute atomic E-state index is 0.0146. The van der Waals surface area contributed by atoms with E-state index in [1.165, 1.54) is 0 Å². The first kappa shape index (κ1) is 15.6. The number of rotatable bonds is 5. The number of ether oxygens (including phenoxy) is 2. The van der Waals surface area contributed by atoms with Crippen molar-refractivity contribution < 1.29 is 14.3 Å². The Morgan fingerprint density at radius 1 is 1.10 bits per heavy atom. The number of ketones is 1. The number of benzene rings is 2. The van der Waals surface area contributed by atoms with E-state index in [4.69, 9.17) is 9.47 Å².